The lowest BCUT2D eigenvalue weighted by Gasteiger charge is -2.10. The summed E-state index contributed by atoms with van der Waals surface area (Å²) in [6.45, 7) is 4.61. The molecule has 1 heterocycles. The van der Waals surface area contributed by atoms with E-state index in [9.17, 15) is 13.2 Å². The summed E-state index contributed by atoms with van der Waals surface area (Å²) in [6, 6.07) is 0.586. The summed E-state index contributed by atoms with van der Waals surface area (Å²) in [5.41, 5.74) is 2.97. The number of aryl methyl sites for hydroxylation is 2. The van der Waals surface area contributed by atoms with Crippen molar-refractivity contribution in [1.82, 2.24) is 15.1 Å². The van der Waals surface area contributed by atoms with E-state index in [1.54, 1.807) is 4.68 Å². The SMILES string of the molecule is CCc1nn(CCC(F)(F)F)c(CC)c1CNC1CC1. The third kappa shape index (κ3) is 3.98. The van der Waals surface area contributed by atoms with E-state index in [0.29, 0.717) is 12.5 Å². The molecule has 0 spiro atoms. The summed E-state index contributed by atoms with van der Waals surface area (Å²) in [4.78, 5) is 0. The van der Waals surface area contributed by atoms with Gasteiger partial charge in [0.1, 0.15) is 0 Å². The highest BCUT2D eigenvalue weighted by Gasteiger charge is 2.28. The van der Waals surface area contributed by atoms with Gasteiger partial charge >= 0.3 is 6.18 Å². The van der Waals surface area contributed by atoms with E-state index >= 15 is 0 Å². The van der Waals surface area contributed by atoms with Crippen molar-refractivity contribution in [3.63, 3.8) is 0 Å². The van der Waals surface area contributed by atoms with Crippen molar-refractivity contribution < 1.29 is 13.2 Å². The Kier molecular flexibility index (Phi) is 4.73. The van der Waals surface area contributed by atoms with E-state index in [-0.39, 0.29) is 6.54 Å². The number of nitrogens with zero attached hydrogens (tertiary/aromatic N) is 2. The second-order valence-electron chi connectivity index (χ2n) is 5.32. The molecular formula is C14H22F3N3. The third-order valence-corrected chi connectivity index (χ3v) is 3.67. The van der Waals surface area contributed by atoms with Crippen molar-refractivity contribution in [1.29, 1.82) is 0 Å². The summed E-state index contributed by atoms with van der Waals surface area (Å²) in [5, 5.41) is 7.81. The van der Waals surface area contributed by atoms with E-state index in [0.717, 1.165) is 29.9 Å². The van der Waals surface area contributed by atoms with Gasteiger partial charge < -0.3 is 5.32 Å². The minimum absolute atomic E-state index is 0.0803. The van der Waals surface area contributed by atoms with Crippen LogP contribution in [0, 0.1) is 0 Å². The molecule has 1 saturated carbocycles. The lowest BCUT2D eigenvalue weighted by atomic mass is 10.1. The minimum Gasteiger partial charge on any atom is -0.310 e. The Labute approximate surface area is 117 Å². The van der Waals surface area contributed by atoms with Crippen LogP contribution in [0.2, 0.25) is 0 Å². The average Bonchev–Trinajstić information content (AvgIpc) is 3.14. The lowest BCUT2D eigenvalue weighted by molar-refractivity contribution is -0.137. The first-order chi connectivity index (χ1) is 9.44. The topological polar surface area (TPSA) is 29.9 Å². The minimum atomic E-state index is -4.13. The fourth-order valence-corrected chi connectivity index (χ4v) is 2.42. The van der Waals surface area contributed by atoms with Crippen LogP contribution in [-0.4, -0.2) is 22.0 Å². The summed E-state index contributed by atoms with van der Waals surface area (Å²) in [7, 11) is 0. The van der Waals surface area contributed by atoms with Gasteiger partial charge in [-0.05, 0) is 25.7 Å². The molecule has 1 aromatic heterocycles. The Bertz CT molecular complexity index is 447. The van der Waals surface area contributed by atoms with Crippen LogP contribution in [0.15, 0.2) is 0 Å². The van der Waals surface area contributed by atoms with Gasteiger partial charge in [-0.25, -0.2) is 0 Å². The molecule has 0 aliphatic heterocycles. The maximum Gasteiger partial charge on any atom is 0.390 e. The molecule has 0 aromatic carbocycles. The molecule has 0 saturated heterocycles. The van der Waals surface area contributed by atoms with E-state index in [1.807, 2.05) is 13.8 Å². The molecule has 20 heavy (non-hydrogen) atoms. The molecule has 1 aromatic rings. The molecule has 114 valence electrons. The number of rotatable bonds is 7. The lowest BCUT2D eigenvalue weighted by Crippen LogP contribution is -2.18. The van der Waals surface area contributed by atoms with Gasteiger partial charge in [0.25, 0.3) is 0 Å². The zero-order valence-corrected chi connectivity index (χ0v) is 12.1. The normalized spacial score (nSPS) is 15.8. The second kappa shape index (κ2) is 6.16. The zero-order valence-electron chi connectivity index (χ0n) is 12.1. The van der Waals surface area contributed by atoms with Crippen LogP contribution in [0.1, 0.15) is 50.1 Å². The third-order valence-electron chi connectivity index (χ3n) is 3.67. The van der Waals surface area contributed by atoms with Crippen LogP contribution in [-0.2, 0) is 25.9 Å². The molecular weight excluding hydrogens is 267 g/mol. The molecule has 0 radical (unpaired) electrons. The van der Waals surface area contributed by atoms with Crippen molar-refractivity contribution >= 4 is 0 Å². The Morgan fingerprint density at radius 1 is 1.25 bits per heavy atom. The van der Waals surface area contributed by atoms with Gasteiger partial charge in [-0.3, -0.25) is 4.68 Å². The molecule has 2 rings (SSSR count). The monoisotopic (exact) mass is 289 g/mol. The summed E-state index contributed by atoms with van der Waals surface area (Å²) >= 11 is 0. The quantitative estimate of drug-likeness (QED) is 0.835. The number of alkyl halides is 3. The zero-order chi connectivity index (χ0) is 14.8. The maximum atomic E-state index is 12.4. The van der Waals surface area contributed by atoms with Crippen LogP contribution in [0.3, 0.4) is 0 Å². The molecule has 1 aliphatic carbocycles. The van der Waals surface area contributed by atoms with E-state index in [1.165, 1.54) is 12.8 Å². The Balaban J connectivity index is 2.13. The molecule has 1 N–H and O–H groups in total. The standard InChI is InChI=1S/C14H22F3N3/c1-3-12-11(9-18-10-5-6-10)13(4-2)20(19-12)8-7-14(15,16)17/h10,18H,3-9H2,1-2H3. The van der Waals surface area contributed by atoms with Gasteiger partial charge in [-0.2, -0.15) is 18.3 Å². The molecule has 1 fully saturated rings. The van der Waals surface area contributed by atoms with Crippen LogP contribution < -0.4 is 5.32 Å². The average molecular weight is 289 g/mol. The van der Waals surface area contributed by atoms with E-state index in [4.69, 9.17) is 0 Å². The van der Waals surface area contributed by atoms with Crippen LogP contribution in [0.25, 0.3) is 0 Å². The van der Waals surface area contributed by atoms with Crippen molar-refractivity contribution in [2.45, 2.75) is 71.3 Å². The van der Waals surface area contributed by atoms with Gasteiger partial charge in [0.15, 0.2) is 0 Å². The highest BCUT2D eigenvalue weighted by Crippen LogP contribution is 2.24. The number of hydrogen-bond donors (Lipinski definition) is 1. The van der Waals surface area contributed by atoms with Crippen molar-refractivity contribution in [2.24, 2.45) is 0 Å². The van der Waals surface area contributed by atoms with E-state index in [2.05, 4.69) is 10.4 Å². The molecule has 0 unspecified atom stereocenters. The predicted octanol–water partition coefficient (Wildman–Crippen LogP) is 3.21. The summed E-state index contributed by atoms with van der Waals surface area (Å²) in [6.07, 6.45) is -1.08. The molecule has 1 aliphatic rings. The Hall–Kier alpha value is -1.04. The summed E-state index contributed by atoms with van der Waals surface area (Å²) in [5.74, 6) is 0. The maximum absolute atomic E-state index is 12.4. The number of hydrogen-bond acceptors (Lipinski definition) is 2. The Morgan fingerprint density at radius 2 is 1.95 bits per heavy atom. The largest absolute Gasteiger partial charge is 0.390 e. The van der Waals surface area contributed by atoms with Gasteiger partial charge in [0, 0.05) is 30.4 Å². The predicted molar refractivity (Wildman–Crippen MR) is 71.5 cm³/mol. The molecule has 3 nitrogen and oxygen atoms in total. The van der Waals surface area contributed by atoms with E-state index < -0.39 is 12.6 Å². The molecule has 0 atom stereocenters. The molecule has 0 bridgehead atoms. The van der Waals surface area contributed by atoms with Crippen LogP contribution in [0.5, 0.6) is 0 Å². The first-order valence-corrected chi connectivity index (χ1v) is 7.32. The molecule has 0 amide bonds. The highest BCUT2D eigenvalue weighted by atomic mass is 19.4. The Morgan fingerprint density at radius 3 is 2.45 bits per heavy atom. The first kappa shape index (κ1) is 15.4. The fraction of sp³-hybridized carbons (Fsp3) is 0.786. The first-order valence-electron chi connectivity index (χ1n) is 7.32. The number of aromatic nitrogens is 2. The number of nitrogens with one attached hydrogen (secondary N) is 1. The number of halogens is 3. The molecule has 6 heteroatoms. The highest BCUT2D eigenvalue weighted by molar-refractivity contribution is 5.27. The fourth-order valence-electron chi connectivity index (χ4n) is 2.42. The smallest absolute Gasteiger partial charge is 0.310 e. The van der Waals surface area contributed by atoms with Crippen molar-refractivity contribution in [3.8, 4) is 0 Å². The van der Waals surface area contributed by atoms with Crippen LogP contribution >= 0.6 is 0 Å². The van der Waals surface area contributed by atoms with Gasteiger partial charge in [-0.1, -0.05) is 13.8 Å². The van der Waals surface area contributed by atoms with Gasteiger partial charge in [0.05, 0.1) is 12.1 Å². The van der Waals surface area contributed by atoms with Crippen molar-refractivity contribution in [3.05, 3.63) is 17.0 Å². The van der Waals surface area contributed by atoms with Gasteiger partial charge in [0.2, 0.25) is 0 Å². The second-order valence-corrected chi connectivity index (χ2v) is 5.32. The summed E-state index contributed by atoms with van der Waals surface area (Å²) < 4.78 is 38.7. The van der Waals surface area contributed by atoms with Crippen molar-refractivity contribution in [2.75, 3.05) is 0 Å². The van der Waals surface area contributed by atoms with Gasteiger partial charge in [-0.15, -0.1) is 0 Å². The van der Waals surface area contributed by atoms with Crippen LogP contribution in [0.4, 0.5) is 13.2 Å².